The summed E-state index contributed by atoms with van der Waals surface area (Å²) in [6.45, 7) is 2.53. The third kappa shape index (κ3) is 3.67. The average Bonchev–Trinajstić information content (AvgIpc) is 2.46. The number of benzene rings is 1. The summed E-state index contributed by atoms with van der Waals surface area (Å²) in [5.74, 6) is -1.35. The van der Waals surface area contributed by atoms with Crippen LogP contribution in [0.15, 0.2) is 18.2 Å². The molecule has 2 amide bonds. The van der Waals surface area contributed by atoms with Crippen molar-refractivity contribution in [2.75, 3.05) is 18.4 Å². The van der Waals surface area contributed by atoms with Gasteiger partial charge in [0.15, 0.2) is 0 Å². The Labute approximate surface area is 132 Å². The molecule has 2 N–H and O–H groups in total. The summed E-state index contributed by atoms with van der Waals surface area (Å²) in [7, 11) is 0. The number of β-amino-alcohol motifs (C(OH)–C–C–N with tert-alkyl or cyclic N) is 1. The van der Waals surface area contributed by atoms with Gasteiger partial charge in [0.1, 0.15) is 0 Å². The Morgan fingerprint density at radius 2 is 2.10 bits per heavy atom. The van der Waals surface area contributed by atoms with Gasteiger partial charge in [0.2, 0.25) is 0 Å². The van der Waals surface area contributed by atoms with Gasteiger partial charge in [-0.1, -0.05) is 36.2 Å². The molecule has 0 aromatic heterocycles. The molecule has 1 aliphatic rings. The van der Waals surface area contributed by atoms with Crippen molar-refractivity contribution in [3.63, 3.8) is 0 Å². The van der Waals surface area contributed by atoms with E-state index in [0.29, 0.717) is 18.0 Å². The van der Waals surface area contributed by atoms with Crippen molar-refractivity contribution in [2.45, 2.75) is 19.4 Å². The zero-order valence-electron chi connectivity index (χ0n) is 11.5. The number of likely N-dealkylation sites (tertiary alicyclic amines) is 1. The van der Waals surface area contributed by atoms with Crippen LogP contribution in [0.4, 0.5) is 5.69 Å². The van der Waals surface area contributed by atoms with Crippen molar-refractivity contribution in [1.29, 1.82) is 0 Å². The minimum atomic E-state index is -0.791. The molecular formula is C14H16Cl2N2O3. The normalized spacial score (nSPS) is 22.0. The quantitative estimate of drug-likeness (QED) is 0.775. The van der Waals surface area contributed by atoms with Gasteiger partial charge in [-0.25, -0.2) is 0 Å². The van der Waals surface area contributed by atoms with Gasteiger partial charge in [0.05, 0.1) is 21.8 Å². The SMILES string of the molecule is CC1CCN(C(=O)C(=O)Nc2cccc(Cl)c2Cl)CC1O. The Morgan fingerprint density at radius 3 is 2.76 bits per heavy atom. The molecule has 5 nitrogen and oxygen atoms in total. The van der Waals surface area contributed by atoms with Crippen molar-refractivity contribution in [3.8, 4) is 0 Å². The number of amides is 2. The summed E-state index contributed by atoms with van der Waals surface area (Å²) < 4.78 is 0. The first kappa shape index (κ1) is 16.1. The second kappa shape index (κ2) is 6.64. The minimum Gasteiger partial charge on any atom is -0.391 e. The first-order chi connectivity index (χ1) is 9.90. The van der Waals surface area contributed by atoms with E-state index in [1.54, 1.807) is 18.2 Å². The fourth-order valence-corrected chi connectivity index (χ4v) is 2.50. The van der Waals surface area contributed by atoms with E-state index in [2.05, 4.69) is 5.32 Å². The number of aliphatic hydroxyl groups is 1. The van der Waals surface area contributed by atoms with Crippen LogP contribution in [0, 0.1) is 5.92 Å². The number of anilines is 1. The van der Waals surface area contributed by atoms with Crippen molar-refractivity contribution >= 4 is 40.7 Å². The number of hydrogen-bond acceptors (Lipinski definition) is 3. The van der Waals surface area contributed by atoms with Crippen molar-refractivity contribution in [3.05, 3.63) is 28.2 Å². The van der Waals surface area contributed by atoms with E-state index in [1.165, 1.54) is 4.90 Å². The van der Waals surface area contributed by atoms with Crippen LogP contribution in [-0.4, -0.2) is 41.0 Å². The molecule has 1 fully saturated rings. The molecule has 1 heterocycles. The summed E-state index contributed by atoms with van der Waals surface area (Å²) in [6, 6.07) is 4.77. The van der Waals surface area contributed by atoms with Gasteiger partial charge in [-0.3, -0.25) is 9.59 Å². The van der Waals surface area contributed by atoms with E-state index in [1.807, 2.05) is 6.92 Å². The average molecular weight is 331 g/mol. The molecule has 0 aliphatic carbocycles. The molecule has 0 saturated carbocycles. The first-order valence-electron chi connectivity index (χ1n) is 6.62. The predicted octanol–water partition coefficient (Wildman–Crippen LogP) is 2.16. The molecule has 2 atom stereocenters. The molecule has 0 radical (unpaired) electrons. The van der Waals surface area contributed by atoms with E-state index in [9.17, 15) is 14.7 Å². The molecule has 1 aromatic carbocycles. The van der Waals surface area contributed by atoms with E-state index in [4.69, 9.17) is 23.2 Å². The number of carbonyl (C=O) groups excluding carboxylic acids is 2. The smallest absolute Gasteiger partial charge is 0.313 e. The van der Waals surface area contributed by atoms with Gasteiger partial charge in [-0.2, -0.15) is 0 Å². The maximum Gasteiger partial charge on any atom is 0.313 e. The highest BCUT2D eigenvalue weighted by Crippen LogP contribution is 2.29. The van der Waals surface area contributed by atoms with Gasteiger partial charge < -0.3 is 15.3 Å². The Hall–Kier alpha value is -1.30. The number of aliphatic hydroxyl groups excluding tert-OH is 1. The van der Waals surface area contributed by atoms with Crippen LogP contribution in [0.25, 0.3) is 0 Å². The standard InChI is InChI=1S/C14H16Cl2N2O3/c1-8-5-6-18(7-11(8)19)14(21)13(20)17-10-4-2-3-9(15)12(10)16/h2-4,8,11,19H,5-7H2,1H3,(H,17,20). The van der Waals surface area contributed by atoms with Crippen LogP contribution in [0.3, 0.4) is 0 Å². The van der Waals surface area contributed by atoms with E-state index in [0.717, 1.165) is 0 Å². The Balaban J connectivity index is 2.03. The van der Waals surface area contributed by atoms with Gasteiger partial charge >= 0.3 is 11.8 Å². The highest BCUT2D eigenvalue weighted by Gasteiger charge is 2.30. The van der Waals surface area contributed by atoms with Gasteiger partial charge in [-0.15, -0.1) is 0 Å². The Bertz CT molecular complexity index is 565. The number of halogens is 2. The summed E-state index contributed by atoms with van der Waals surface area (Å²) in [6.07, 6.45) is 0.0585. The molecule has 7 heteroatoms. The fraction of sp³-hybridized carbons (Fsp3) is 0.429. The molecular weight excluding hydrogens is 315 g/mol. The topological polar surface area (TPSA) is 69.6 Å². The lowest BCUT2D eigenvalue weighted by molar-refractivity contribution is -0.146. The second-order valence-corrected chi connectivity index (χ2v) is 5.93. The number of piperidine rings is 1. The lowest BCUT2D eigenvalue weighted by atomic mass is 9.96. The summed E-state index contributed by atoms with van der Waals surface area (Å²) in [5, 5.41) is 12.7. The van der Waals surface area contributed by atoms with Crippen LogP contribution < -0.4 is 5.32 Å². The molecule has 21 heavy (non-hydrogen) atoms. The number of carbonyl (C=O) groups is 2. The zero-order valence-corrected chi connectivity index (χ0v) is 13.0. The lowest BCUT2D eigenvalue weighted by Crippen LogP contribution is -2.49. The number of nitrogens with zero attached hydrogens (tertiary/aromatic N) is 1. The lowest BCUT2D eigenvalue weighted by Gasteiger charge is -2.33. The summed E-state index contributed by atoms with van der Waals surface area (Å²) in [4.78, 5) is 25.4. The molecule has 1 aromatic rings. The minimum absolute atomic E-state index is 0.125. The van der Waals surface area contributed by atoms with Crippen molar-refractivity contribution in [2.24, 2.45) is 5.92 Å². The Morgan fingerprint density at radius 1 is 1.38 bits per heavy atom. The molecule has 114 valence electrons. The monoisotopic (exact) mass is 330 g/mol. The van der Waals surface area contributed by atoms with Crippen LogP contribution in [0.5, 0.6) is 0 Å². The number of hydrogen-bond donors (Lipinski definition) is 2. The van der Waals surface area contributed by atoms with Crippen molar-refractivity contribution < 1.29 is 14.7 Å². The molecule has 2 rings (SSSR count). The summed E-state index contributed by atoms with van der Waals surface area (Å²) >= 11 is 11.8. The van der Waals surface area contributed by atoms with Crippen LogP contribution in [0.2, 0.25) is 10.0 Å². The van der Waals surface area contributed by atoms with E-state index >= 15 is 0 Å². The Kier molecular flexibility index (Phi) is 5.08. The predicted molar refractivity (Wildman–Crippen MR) is 81.5 cm³/mol. The highest BCUT2D eigenvalue weighted by atomic mass is 35.5. The first-order valence-corrected chi connectivity index (χ1v) is 7.38. The highest BCUT2D eigenvalue weighted by molar-refractivity contribution is 6.45. The molecule has 0 spiro atoms. The van der Waals surface area contributed by atoms with E-state index in [-0.39, 0.29) is 23.2 Å². The fourth-order valence-electron chi connectivity index (χ4n) is 2.15. The largest absolute Gasteiger partial charge is 0.391 e. The number of nitrogens with one attached hydrogen (secondary N) is 1. The number of rotatable bonds is 1. The van der Waals surface area contributed by atoms with Gasteiger partial charge in [-0.05, 0) is 24.5 Å². The third-order valence-electron chi connectivity index (χ3n) is 3.60. The van der Waals surface area contributed by atoms with Gasteiger partial charge in [0.25, 0.3) is 0 Å². The second-order valence-electron chi connectivity index (χ2n) is 5.14. The van der Waals surface area contributed by atoms with Crippen LogP contribution in [0.1, 0.15) is 13.3 Å². The van der Waals surface area contributed by atoms with Crippen LogP contribution in [-0.2, 0) is 9.59 Å². The molecule has 1 saturated heterocycles. The molecule has 1 aliphatic heterocycles. The zero-order chi connectivity index (χ0) is 15.6. The summed E-state index contributed by atoms with van der Waals surface area (Å²) in [5.41, 5.74) is 0.286. The van der Waals surface area contributed by atoms with E-state index < -0.39 is 17.9 Å². The maximum absolute atomic E-state index is 12.1. The molecule has 2 unspecified atom stereocenters. The third-order valence-corrected chi connectivity index (χ3v) is 4.42. The van der Waals surface area contributed by atoms with Crippen LogP contribution >= 0.6 is 23.2 Å². The van der Waals surface area contributed by atoms with Gasteiger partial charge in [0, 0.05) is 13.1 Å². The maximum atomic E-state index is 12.1. The van der Waals surface area contributed by atoms with Crippen molar-refractivity contribution in [1.82, 2.24) is 4.90 Å². The molecule has 0 bridgehead atoms.